The lowest BCUT2D eigenvalue weighted by atomic mass is 10.0. The van der Waals surface area contributed by atoms with Gasteiger partial charge in [-0.2, -0.15) is 0 Å². The topological polar surface area (TPSA) is 59.4 Å². The summed E-state index contributed by atoms with van der Waals surface area (Å²) in [5.41, 5.74) is 3.41. The zero-order valence-electron chi connectivity index (χ0n) is 16.3. The number of rotatable bonds is 5. The van der Waals surface area contributed by atoms with Crippen LogP contribution in [-0.4, -0.2) is 39.2 Å². The predicted molar refractivity (Wildman–Crippen MR) is 115 cm³/mol. The average Bonchev–Trinajstić information content (AvgIpc) is 3.37. The van der Waals surface area contributed by atoms with Gasteiger partial charge in [-0.25, -0.2) is 4.79 Å². The van der Waals surface area contributed by atoms with Crippen molar-refractivity contribution in [3.05, 3.63) is 83.9 Å². The molecule has 1 saturated heterocycles. The second-order valence-electron chi connectivity index (χ2n) is 6.76. The van der Waals surface area contributed by atoms with Gasteiger partial charge < -0.3 is 19.5 Å². The number of methoxy groups -OCH3 is 1. The number of nitrogens with zero attached hydrogens (tertiary/aromatic N) is 3. The Kier molecular flexibility index (Phi) is 5.31. The van der Waals surface area contributed by atoms with Crippen molar-refractivity contribution in [2.75, 3.05) is 13.7 Å². The van der Waals surface area contributed by atoms with E-state index < -0.39 is 0 Å². The van der Waals surface area contributed by atoms with Crippen molar-refractivity contribution in [3.63, 3.8) is 0 Å². The van der Waals surface area contributed by atoms with Crippen LogP contribution < -0.4 is 5.32 Å². The molecule has 1 aliphatic heterocycles. The number of aromatic nitrogens is 2. The minimum absolute atomic E-state index is 0.0285. The van der Waals surface area contributed by atoms with E-state index in [-0.39, 0.29) is 18.1 Å². The minimum atomic E-state index is -0.356. The fourth-order valence-corrected chi connectivity index (χ4v) is 4.21. The zero-order valence-corrected chi connectivity index (χ0v) is 17.1. The fraction of sp³-hybridized carbons (Fsp3) is 0.227. The number of esters is 1. The molecular formula is C22H22N4O2S. The van der Waals surface area contributed by atoms with Gasteiger partial charge in [-0.15, -0.1) is 0 Å². The maximum Gasteiger partial charge on any atom is 0.337 e. The summed E-state index contributed by atoms with van der Waals surface area (Å²) in [7, 11) is 1.39. The van der Waals surface area contributed by atoms with Crippen molar-refractivity contribution in [1.29, 1.82) is 0 Å². The standard InChI is InChI=1S/C22H22N4O2S/c1-3-25-20(19(24-22(25)29)17-10-4-5-12-23-17)18-11-7-13-26(18)16-9-6-8-15(14-16)21(27)28-2/h4-14,19-20H,3H2,1-2H3,(H,24,29)/t19-,20-/m0/s1. The number of thiocarbonyl (C=S) groups is 1. The van der Waals surface area contributed by atoms with Gasteiger partial charge in [-0.3, -0.25) is 4.98 Å². The van der Waals surface area contributed by atoms with Gasteiger partial charge in [-0.05, 0) is 61.6 Å². The van der Waals surface area contributed by atoms with Crippen molar-refractivity contribution in [1.82, 2.24) is 19.8 Å². The van der Waals surface area contributed by atoms with Crippen LogP contribution in [0.4, 0.5) is 0 Å². The van der Waals surface area contributed by atoms with Crippen molar-refractivity contribution < 1.29 is 9.53 Å². The third-order valence-corrected chi connectivity index (χ3v) is 5.52. The molecule has 148 valence electrons. The van der Waals surface area contributed by atoms with Gasteiger partial charge in [0.15, 0.2) is 5.11 Å². The Hall–Kier alpha value is -3.19. The number of hydrogen-bond acceptors (Lipinski definition) is 4. The molecule has 2 atom stereocenters. The van der Waals surface area contributed by atoms with Gasteiger partial charge in [0.25, 0.3) is 0 Å². The average molecular weight is 407 g/mol. The van der Waals surface area contributed by atoms with E-state index in [1.165, 1.54) is 7.11 Å². The minimum Gasteiger partial charge on any atom is -0.465 e. The SMILES string of the molecule is CCN1C(=S)N[C@@H](c2ccccn2)[C@@H]1c1cccn1-c1cccc(C(=O)OC)c1. The molecule has 0 amide bonds. The summed E-state index contributed by atoms with van der Waals surface area (Å²) in [6.07, 6.45) is 3.79. The number of likely N-dealkylation sites (N-methyl/N-ethyl adjacent to an activating group) is 1. The monoisotopic (exact) mass is 406 g/mol. The van der Waals surface area contributed by atoms with E-state index in [0.717, 1.165) is 23.6 Å². The van der Waals surface area contributed by atoms with Gasteiger partial charge in [-0.1, -0.05) is 12.1 Å². The molecule has 0 saturated carbocycles. The molecule has 29 heavy (non-hydrogen) atoms. The summed E-state index contributed by atoms with van der Waals surface area (Å²) in [5, 5.41) is 4.15. The smallest absolute Gasteiger partial charge is 0.337 e. The Labute approximate surface area is 175 Å². The van der Waals surface area contributed by atoms with Crippen LogP contribution in [0.15, 0.2) is 67.0 Å². The predicted octanol–water partition coefficient (Wildman–Crippen LogP) is 3.65. The first-order valence-corrected chi connectivity index (χ1v) is 9.89. The first kappa shape index (κ1) is 19.1. The highest BCUT2D eigenvalue weighted by Crippen LogP contribution is 2.39. The molecule has 1 aliphatic rings. The number of carbonyl (C=O) groups is 1. The van der Waals surface area contributed by atoms with E-state index in [1.54, 1.807) is 12.3 Å². The fourth-order valence-electron chi connectivity index (χ4n) is 3.84. The molecule has 2 aromatic heterocycles. The molecule has 0 radical (unpaired) electrons. The van der Waals surface area contributed by atoms with Crippen molar-refractivity contribution >= 4 is 23.3 Å². The van der Waals surface area contributed by atoms with Crippen LogP contribution in [0.3, 0.4) is 0 Å². The third kappa shape index (κ3) is 3.49. The van der Waals surface area contributed by atoms with E-state index in [2.05, 4.69) is 32.8 Å². The normalized spacial score (nSPS) is 18.6. The van der Waals surface area contributed by atoms with Crippen molar-refractivity contribution in [3.8, 4) is 5.69 Å². The van der Waals surface area contributed by atoms with Crippen molar-refractivity contribution in [2.45, 2.75) is 19.0 Å². The van der Waals surface area contributed by atoms with Gasteiger partial charge in [0.05, 0.1) is 30.5 Å². The summed E-state index contributed by atoms with van der Waals surface area (Å²) < 4.78 is 6.96. The summed E-state index contributed by atoms with van der Waals surface area (Å²) in [5.74, 6) is -0.356. The Morgan fingerprint density at radius 1 is 1.21 bits per heavy atom. The molecule has 1 aromatic carbocycles. The van der Waals surface area contributed by atoms with Gasteiger partial charge >= 0.3 is 5.97 Å². The van der Waals surface area contributed by atoms with Crippen LogP contribution >= 0.6 is 12.2 Å². The molecule has 3 aromatic rings. The number of benzene rings is 1. The maximum atomic E-state index is 12.0. The van der Waals surface area contributed by atoms with Crippen LogP contribution in [0.2, 0.25) is 0 Å². The molecule has 1 fully saturated rings. The molecule has 4 rings (SSSR count). The first-order chi connectivity index (χ1) is 14.1. The number of pyridine rings is 1. The van der Waals surface area contributed by atoms with Gasteiger partial charge in [0.2, 0.25) is 0 Å². The zero-order chi connectivity index (χ0) is 20.4. The molecule has 0 spiro atoms. The Morgan fingerprint density at radius 2 is 2.07 bits per heavy atom. The third-order valence-electron chi connectivity index (χ3n) is 5.17. The lowest BCUT2D eigenvalue weighted by molar-refractivity contribution is 0.0600. The molecule has 6 nitrogen and oxygen atoms in total. The number of ether oxygens (including phenoxy) is 1. The number of hydrogen-bond donors (Lipinski definition) is 1. The summed E-state index contributed by atoms with van der Waals surface area (Å²) in [6, 6.07) is 17.3. The Bertz CT molecular complexity index is 1030. The highest BCUT2D eigenvalue weighted by Gasteiger charge is 2.40. The second-order valence-corrected chi connectivity index (χ2v) is 7.14. The second kappa shape index (κ2) is 8.05. The highest BCUT2D eigenvalue weighted by atomic mass is 32.1. The van der Waals surface area contributed by atoms with Gasteiger partial charge in [0, 0.05) is 30.3 Å². The van der Waals surface area contributed by atoms with E-state index in [4.69, 9.17) is 17.0 Å². The molecule has 0 bridgehead atoms. The summed E-state index contributed by atoms with van der Waals surface area (Å²) in [6.45, 7) is 2.86. The maximum absolute atomic E-state index is 12.0. The van der Waals surface area contributed by atoms with E-state index >= 15 is 0 Å². The van der Waals surface area contributed by atoms with Crippen LogP contribution in [0, 0.1) is 0 Å². The van der Waals surface area contributed by atoms with Crippen LogP contribution in [0.25, 0.3) is 5.69 Å². The number of carbonyl (C=O) groups excluding carboxylic acids is 1. The quantitative estimate of drug-likeness (QED) is 0.516. The largest absolute Gasteiger partial charge is 0.465 e. The summed E-state index contributed by atoms with van der Waals surface area (Å²) >= 11 is 5.61. The van der Waals surface area contributed by atoms with Crippen LogP contribution in [0.1, 0.15) is 40.8 Å². The molecule has 0 aliphatic carbocycles. The molecule has 7 heteroatoms. The summed E-state index contributed by atoms with van der Waals surface area (Å²) in [4.78, 5) is 18.7. The Morgan fingerprint density at radius 3 is 2.79 bits per heavy atom. The molecule has 1 N–H and O–H groups in total. The van der Waals surface area contributed by atoms with Crippen LogP contribution in [-0.2, 0) is 4.74 Å². The number of nitrogens with one attached hydrogen (secondary N) is 1. The van der Waals surface area contributed by atoms with E-state index in [0.29, 0.717) is 10.7 Å². The highest BCUT2D eigenvalue weighted by molar-refractivity contribution is 7.80. The lowest BCUT2D eigenvalue weighted by Gasteiger charge is -2.28. The molecular weight excluding hydrogens is 384 g/mol. The van der Waals surface area contributed by atoms with Gasteiger partial charge in [0.1, 0.15) is 0 Å². The Balaban J connectivity index is 1.79. The molecule has 3 heterocycles. The van der Waals surface area contributed by atoms with E-state index in [1.807, 2.05) is 48.7 Å². The lowest BCUT2D eigenvalue weighted by Crippen LogP contribution is -2.30. The first-order valence-electron chi connectivity index (χ1n) is 9.48. The van der Waals surface area contributed by atoms with Crippen molar-refractivity contribution in [2.24, 2.45) is 0 Å². The van der Waals surface area contributed by atoms with Crippen LogP contribution in [0.5, 0.6) is 0 Å². The van der Waals surface area contributed by atoms with E-state index in [9.17, 15) is 4.79 Å². The molecule has 0 unspecified atom stereocenters.